The summed E-state index contributed by atoms with van der Waals surface area (Å²) in [6.07, 6.45) is 4.82. The van der Waals surface area contributed by atoms with Gasteiger partial charge >= 0.3 is 5.97 Å². The first kappa shape index (κ1) is 15.8. The van der Waals surface area contributed by atoms with Crippen molar-refractivity contribution in [1.82, 2.24) is 5.32 Å². The van der Waals surface area contributed by atoms with E-state index in [1.165, 1.54) is 30.4 Å². The second kappa shape index (κ2) is 8.03. The summed E-state index contributed by atoms with van der Waals surface area (Å²) < 4.78 is 10.8. The van der Waals surface area contributed by atoms with Gasteiger partial charge in [0.1, 0.15) is 18.4 Å². The number of benzene rings is 1. The number of aryl methyl sites for hydroxylation is 2. The number of esters is 1. The molecule has 0 aromatic heterocycles. The number of nitrogens with one attached hydrogen (secondary N) is 1. The molecule has 1 unspecified atom stereocenters. The number of carbonyl (C=O) groups is 1. The molecule has 21 heavy (non-hydrogen) atoms. The van der Waals surface area contributed by atoms with Crippen LogP contribution in [0.2, 0.25) is 0 Å². The maximum Gasteiger partial charge on any atom is 0.326 e. The third-order valence-electron chi connectivity index (χ3n) is 3.76. The van der Waals surface area contributed by atoms with Crippen molar-refractivity contribution in [3.8, 4) is 5.75 Å². The lowest BCUT2D eigenvalue weighted by Crippen LogP contribution is -2.42. The fraction of sp³-hybridized carbons (Fsp3) is 0.588. The molecular weight excluding hydrogens is 266 g/mol. The molecule has 0 spiro atoms. The van der Waals surface area contributed by atoms with Crippen LogP contribution in [0.3, 0.4) is 0 Å². The van der Waals surface area contributed by atoms with Crippen molar-refractivity contribution in [2.75, 3.05) is 19.8 Å². The summed E-state index contributed by atoms with van der Waals surface area (Å²) >= 11 is 0. The minimum Gasteiger partial charge on any atom is -0.491 e. The maximum absolute atomic E-state index is 11.8. The van der Waals surface area contributed by atoms with Gasteiger partial charge in [0.2, 0.25) is 0 Å². The van der Waals surface area contributed by atoms with Crippen molar-refractivity contribution in [1.29, 1.82) is 0 Å². The molecule has 1 atom stereocenters. The SMILES string of the molecule is CCNC(COc1ccc2c(c1)CCCC2)C(=O)OCC. The molecule has 1 aliphatic carbocycles. The van der Waals surface area contributed by atoms with Crippen molar-refractivity contribution in [2.24, 2.45) is 0 Å². The third-order valence-corrected chi connectivity index (χ3v) is 3.76. The minimum absolute atomic E-state index is 0.252. The molecular formula is C17H25NO3. The summed E-state index contributed by atoms with van der Waals surface area (Å²) in [6, 6.07) is 5.85. The van der Waals surface area contributed by atoms with Crippen molar-refractivity contribution < 1.29 is 14.3 Å². The number of likely N-dealkylation sites (N-methyl/N-ethyl adjacent to an activating group) is 1. The number of hydrogen-bond acceptors (Lipinski definition) is 4. The molecule has 0 bridgehead atoms. The van der Waals surface area contributed by atoms with Crippen LogP contribution in [0.25, 0.3) is 0 Å². The molecule has 1 aliphatic rings. The van der Waals surface area contributed by atoms with E-state index in [9.17, 15) is 4.79 Å². The molecule has 1 N–H and O–H groups in total. The summed E-state index contributed by atoms with van der Waals surface area (Å²) in [4.78, 5) is 11.8. The number of fused-ring (bicyclic) bond motifs is 1. The van der Waals surface area contributed by atoms with Gasteiger partial charge in [0, 0.05) is 0 Å². The maximum atomic E-state index is 11.8. The van der Waals surface area contributed by atoms with Crippen molar-refractivity contribution in [3.63, 3.8) is 0 Å². The standard InChI is InChI=1S/C17H25NO3/c1-3-18-16(17(19)20-4-2)12-21-15-10-9-13-7-5-6-8-14(13)11-15/h9-11,16,18H,3-8,12H2,1-2H3. The molecule has 1 aromatic rings. The van der Waals surface area contributed by atoms with Crippen LogP contribution >= 0.6 is 0 Å². The van der Waals surface area contributed by atoms with E-state index in [1.54, 1.807) is 0 Å². The van der Waals surface area contributed by atoms with E-state index in [1.807, 2.05) is 19.9 Å². The smallest absolute Gasteiger partial charge is 0.326 e. The van der Waals surface area contributed by atoms with E-state index in [4.69, 9.17) is 9.47 Å². The molecule has 0 radical (unpaired) electrons. The van der Waals surface area contributed by atoms with Gasteiger partial charge in [0.25, 0.3) is 0 Å². The lowest BCUT2D eigenvalue weighted by molar-refractivity contribution is -0.146. The van der Waals surface area contributed by atoms with Gasteiger partial charge in [-0.15, -0.1) is 0 Å². The Kier molecular flexibility index (Phi) is 6.05. The first-order valence-electron chi connectivity index (χ1n) is 7.89. The van der Waals surface area contributed by atoms with Gasteiger partial charge in [0.15, 0.2) is 0 Å². The number of rotatable bonds is 7. The van der Waals surface area contributed by atoms with Crippen LogP contribution in [0.5, 0.6) is 5.75 Å². The van der Waals surface area contributed by atoms with Crippen molar-refractivity contribution in [3.05, 3.63) is 29.3 Å². The van der Waals surface area contributed by atoms with Crippen LogP contribution in [0, 0.1) is 0 Å². The van der Waals surface area contributed by atoms with E-state index in [0.717, 1.165) is 12.2 Å². The van der Waals surface area contributed by atoms with Crippen LogP contribution in [0.15, 0.2) is 18.2 Å². The Balaban J connectivity index is 1.95. The van der Waals surface area contributed by atoms with Gasteiger partial charge in [0.05, 0.1) is 6.61 Å². The first-order chi connectivity index (χ1) is 10.2. The normalized spacial score (nSPS) is 15.1. The fourth-order valence-corrected chi connectivity index (χ4v) is 2.68. The highest BCUT2D eigenvalue weighted by atomic mass is 16.5. The Hall–Kier alpha value is -1.55. The molecule has 4 nitrogen and oxygen atoms in total. The van der Waals surface area contributed by atoms with Crippen LogP contribution < -0.4 is 10.1 Å². The fourth-order valence-electron chi connectivity index (χ4n) is 2.68. The Morgan fingerprint density at radius 3 is 2.71 bits per heavy atom. The second-order valence-electron chi connectivity index (χ2n) is 5.31. The van der Waals surface area contributed by atoms with Gasteiger partial charge < -0.3 is 14.8 Å². The monoisotopic (exact) mass is 291 g/mol. The van der Waals surface area contributed by atoms with Crippen LogP contribution in [0.1, 0.15) is 37.8 Å². The third kappa shape index (κ3) is 4.46. The molecule has 1 aromatic carbocycles. The van der Waals surface area contributed by atoms with E-state index in [2.05, 4.69) is 17.4 Å². The van der Waals surface area contributed by atoms with E-state index in [0.29, 0.717) is 19.8 Å². The molecule has 0 aliphatic heterocycles. The largest absolute Gasteiger partial charge is 0.491 e. The molecule has 0 saturated carbocycles. The molecule has 4 heteroatoms. The van der Waals surface area contributed by atoms with Crippen LogP contribution in [-0.2, 0) is 22.4 Å². The van der Waals surface area contributed by atoms with Gasteiger partial charge in [-0.3, -0.25) is 4.79 Å². The molecule has 2 rings (SSSR count). The average Bonchev–Trinajstić information content (AvgIpc) is 2.51. The Bertz CT molecular complexity index is 473. The first-order valence-corrected chi connectivity index (χ1v) is 7.89. The van der Waals surface area contributed by atoms with Gasteiger partial charge in [-0.25, -0.2) is 0 Å². The number of carbonyl (C=O) groups excluding carboxylic acids is 1. The zero-order chi connectivity index (χ0) is 15.1. The summed E-state index contributed by atoms with van der Waals surface area (Å²) in [6.45, 7) is 5.17. The highest BCUT2D eigenvalue weighted by molar-refractivity contribution is 5.76. The zero-order valence-electron chi connectivity index (χ0n) is 13.0. The number of hydrogen-bond donors (Lipinski definition) is 1. The Morgan fingerprint density at radius 2 is 2.00 bits per heavy atom. The Morgan fingerprint density at radius 1 is 1.24 bits per heavy atom. The molecule has 0 heterocycles. The zero-order valence-corrected chi connectivity index (χ0v) is 13.0. The van der Waals surface area contributed by atoms with Gasteiger partial charge in [-0.1, -0.05) is 13.0 Å². The van der Waals surface area contributed by atoms with Crippen molar-refractivity contribution >= 4 is 5.97 Å². The van der Waals surface area contributed by atoms with E-state index < -0.39 is 6.04 Å². The van der Waals surface area contributed by atoms with E-state index in [-0.39, 0.29) is 5.97 Å². The molecule has 0 saturated heterocycles. The predicted octanol–water partition coefficient (Wildman–Crippen LogP) is 2.49. The highest BCUT2D eigenvalue weighted by Crippen LogP contribution is 2.25. The second-order valence-corrected chi connectivity index (χ2v) is 5.31. The van der Waals surface area contributed by atoms with Crippen LogP contribution in [0.4, 0.5) is 0 Å². The van der Waals surface area contributed by atoms with Crippen molar-refractivity contribution in [2.45, 2.75) is 45.6 Å². The molecule has 116 valence electrons. The topological polar surface area (TPSA) is 47.6 Å². The van der Waals surface area contributed by atoms with Gasteiger partial charge in [-0.2, -0.15) is 0 Å². The van der Waals surface area contributed by atoms with E-state index >= 15 is 0 Å². The lowest BCUT2D eigenvalue weighted by Gasteiger charge is -2.19. The summed E-state index contributed by atoms with van der Waals surface area (Å²) in [5.41, 5.74) is 2.82. The minimum atomic E-state index is -0.411. The quantitative estimate of drug-likeness (QED) is 0.784. The molecule has 0 fully saturated rings. The van der Waals surface area contributed by atoms with Gasteiger partial charge in [-0.05, 0) is 62.4 Å². The predicted molar refractivity (Wildman–Crippen MR) is 82.7 cm³/mol. The Labute approximate surface area is 126 Å². The summed E-state index contributed by atoms with van der Waals surface area (Å²) in [5.74, 6) is 0.583. The molecule has 0 amide bonds. The summed E-state index contributed by atoms with van der Waals surface area (Å²) in [7, 11) is 0. The van der Waals surface area contributed by atoms with Crippen LogP contribution in [-0.4, -0.2) is 31.8 Å². The summed E-state index contributed by atoms with van der Waals surface area (Å²) in [5, 5.41) is 3.10. The highest BCUT2D eigenvalue weighted by Gasteiger charge is 2.19. The lowest BCUT2D eigenvalue weighted by atomic mass is 9.92. The number of ether oxygens (including phenoxy) is 2. The average molecular weight is 291 g/mol.